The van der Waals surface area contributed by atoms with Crippen LogP contribution in [-0.4, -0.2) is 24.6 Å². The Morgan fingerprint density at radius 2 is 2.18 bits per heavy atom. The molecule has 4 heteroatoms. The number of aromatic nitrogens is 1. The molecular weight excluding hydrogens is 234 g/mol. The van der Waals surface area contributed by atoms with Gasteiger partial charge >= 0.3 is 0 Å². The second-order valence-corrected chi connectivity index (χ2v) is 4.53. The Balaban J connectivity index is 2.28. The zero-order valence-electron chi connectivity index (χ0n) is 10.00. The average molecular weight is 250 g/mol. The SMILES string of the molecule is CNC(C)CNc1ccnc2cc(Cl)ccc12. The molecule has 0 fully saturated rings. The molecule has 0 saturated heterocycles. The van der Waals surface area contributed by atoms with E-state index in [0.717, 1.165) is 23.1 Å². The van der Waals surface area contributed by atoms with Crippen molar-refractivity contribution in [2.24, 2.45) is 0 Å². The minimum Gasteiger partial charge on any atom is -0.383 e. The topological polar surface area (TPSA) is 37.0 Å². The number of likely N-dealkylation sites (N-methyl/N-ethyl adjacent to an activating group) is 1. The lowest BCUT2D eigenvalue weighted by atomic mass is 10.2. The fourth-order valence-corrected chi connectivity index (χ4v) is 1.81. The van der Waals surface area contributed by atoms with E-state index in [2.05, 4.69) is 22.5 Å². The van der Waals surface area contributed by atoms with Gasteiger partial charge in [-0.05, 0) is 38.2 Å². The molecule has 0 aliphatic rings. The van der Waals surface area contributed by atoms with E-state index in [9.17, 15) is 0 Å². The van der Waals surface area contributed by atoms with Crippen molar-refractivity contribution in [2.75, 3.05) is 18.9 Å². The second kappa shape index (κ2) is 5.34. The molecule has 0 spiro atoms. The van der Waals surface area contributed by atoms with Gasteiger partial charge in [-0.15, -0.1) is 0 Å². The minimum atomic E-state index is 0.422. The first-order chi connectivity index (χ1) is 8.20. The smallest absolute Gasteiger partial charge is 0.0737 e. The lowest BCUT2D eigenvalue weighted by Crippen LogP contribution is -2.29. The molecule has 0 aliphatic carbocycles. The van der Waals surface area contributed by atoms with Crippen LogP contribution in [0.2, 0.25) is 5.02 Å². The maximum atomic E-state index is 5.95. The number of halogens is 1. The number of hydrogen-bond acceptors (Lipinski definition) is 3. The molecule has 17 heavy (non-hydrogen) atoms. The molecule has 90 valence electrons. The van der Waals surface area contributed by atoms with E-state index in [1.807, 2.05) is 31.3 Å². The molecule has 0 aliphatic heterocycles. The van der Waals surface area contributed by atoms with Crippen LogP contribution >= 0.6 is 11.6 Å². The van der Waals surface area contributed by atoms with E-state index in [0.29, 0.717) is 11.1 Å². The molecule has 2 N–H and O–H groups in total. The largest absolute Gasteiger partial charge is 0.383 e. The molecule has 2 rings (SSSR count). The van der Waals surface area contributed by atoms with Crippen molar-refractivity contribution in [2.45, 2.75) is 13.0 Å². The average Bonchev–Trinajstić information content (AvgIpc) is 2.35. The van der Waals surface area contributed by atoms with Gasteiger partial charge in [0.15, 0.2) is 0 Å². The fourth-order valence-electron chi connectivity index (χ4n) is 1.64. The molecule has 1 aromatic heterocycles. The summed E-state index contributed by atoms with van der Waals surface area (Å²) in [6.45, 7) is 3.01. The van der Waals surface area contributed by atoms with Gasteiger partial charge in [-0.2, -0.15) is 0 Å². The number of anilines is 1. The van der Waals surface area contributed by atoms with Gasteiger partial charge in [-0.25, -0.2) is 0 Å². The van der Waals surface area contributed by atoms with Gasteiger partial charge in [-0.3, -0.25) is 4.98 Å². The molecule has 0 bridgehead atoms. The quantitative estimate of drug-likeness (QED) is 0.875. The van der Waals surface area contributed by atoms with Crippen LogP contribution in [0.15, 0.2) is 30.5 Å². The highest BCUT2D eigenvalue weighted by atomic mass is 35.5. The van der Waals surface area contributed by atoms with Gasteiger partial charge in [0.1, 0.15) is 0 Å². The fraction of sp³-hybridized carbons (Fsp3) is 0.308. The Kier molecular flexibility index (Phi) is 3.82. The van der Waals surface area contributed by atoms with E-state index in [1.165, 1.54) is 0 Å². The van der Waals surface area contributed by atoms with Crippen LogP contribution in [0.4, 0.5) is 5.69 Å². The number of rotatable bonds is 4. The third-order valence-corrected chi connectivity index (χ3v) is 3.03. The summed E-state index contributed by atoms with van der Waals surface area (Å²) in [5.74, 6) is 0. The maximum Gasteiger partial charge on any atom is 0.0737 e. The molecule has 0 amide bonds. The highest BCUT2D eigenvalue weighted by Crippen LogP contribution is 2.24. The van der Waals surface area contributed by atoms with Gasteiger partial charge in [-0.1, -0.05) is 11.6 Å². The highest BCUT2D eigenvalue weighted by molar-refractivity contribution is 6.31. The number of benzene rings is 1. The Bertz CT molecular complexity index is 513. The Morgan fingerprint density at radius 3 is 2.94 bits per heavy atom. The van der Waals surface area contributed by atoms with Crippen molar-refractivity contribution < 1.29 is 0 Å². The Hall–Kier alpha value is -1.32. The van der Waals surface area contributed by atoms with Crippen LogP contribution in [-0.2, 0) is 0 Å². The van der Waals surface area contributed by atoms with Gasteiger partial charge in [0.05, 0.1) is 5.52 Å². The zero-order chi connectivity index (χ0) is 12.3. The summed E-state index contributed by atoms with van der Waals surface area (Å²) in [6, 6.07) is 8.17. The van der Waals surface area contributed by atoms with E-state index < -0.39 is 0 Å². The maximum absolute atomic E-state index is 5.95. The number of nitrogens with zero attached hydrogens (tertiary/aromatic N) is 1. The summed E-state index contributed by atoms with van der Waals surface area (Å²) < 4.78 is 0. The van der Waals surface area contributed by atoms with Gasteiger partial charge in [0.25, 0.3) is 0 Å². The van der Waals surface area contributed by atoms with Crippen LogP contribution in [0.1, 0.15) is 6.92 Å². The molecule has 1 aromatic carbocycles. The van der Waals surface area contributed by atoms with E-state index in [1.54, 1.807) is 6.20 Å². The van der Waals surface area contributed by atoms with Crippen molar-refractivity contribution in [1.29, 1.82) is 0 Å². The van der Waals surface area contributed by atoms with Crippen molar-refractivity contribution >= 4 is 28.2 Å². The summed E-state index contributed by atoms with van der Waals surface area (Å²) in [4.78, 5) is 4.31. The van der Waals surface area contributed by atoms with Crippen molar-refractivity contribution in [1.82, 2.24) is 10.3 Å². The van der Waals surface area contributed by atoms with E-state index in [-0.39, 0.29) is 0 Å². The van der Waals surface area contributed by atoms with Crippen LogP contribution in [0.3, 0.4) is 0 Å². The Morgan fingerprint density at radius 1 is 1.35 bits per heavy atom. The Labute approximate surface area is 106 Å². The standard InChI is InChI=1S/C13H16ClN3/c1-9(15-2)8-17-12-5-6-16-13-7-10(14)3-4-11(12)13/h3-7,9,15H,8H2,1-2H3,(H,16,17). The van der Waals surface area contributed by atoms with Gasteiger partial charge < -0.3 is 10.6 Å². The summed E-state index contributed by atoms with van der Waals surface area (Å²) >= 11 is 5.95. The molecule has 1 atom stereocenters. The summed E-state index contributed by atoms with van der Waals surface area (Å²) in [6.07, 6.45) is 1.80. The number of nitrogens with one attached hydrogen (secondary N) is 2. The lowest BCUT2D eigenvalue weighted by molar-refractivity contribution is 0.638. The number of fused-ring (bicyclic) bond motifs is 1. The summed E-state index contributed by atoms with van der Waals surface area (Å²) in [5, 5.41) is 8.42. The van der Waals surface area contributed by atoms with Crippen LogP contribution in [0, 0.1) is 0 Å². The highest BCUT2D eigenvalue weighted by Gasteiger charge is 2.03. The van der Waals surface area contributed by atoms with Crippen molar-refractivity contribution in [3.8, 4) is 0 Å². The van der Waals surface area contributed by atoms with E-state index in [4.69, 9.17) is 11.6 Å². The van der Waals surface area contributed by atoms with Crippen LogP contribution in [0.25, 0.3) is 10.9 Å². The first kappa shape index (κ1) is 12.1. The molecule has 1 unspecified atom stereocenters. The third kappa shape index (κ3) is 2.87. The van der Waals surface area contributed by atoms with E-state index >= 15 is 0 Å². The molecule has 2 aromatic rings. The molecule has 1 heterocycles. The second-order valence-electron chi connectivity index (χ2n) is 4.09. The first-order valence-electron chi connectivity index (χ1n) is 5.66. The van der Waals surface area contributed by atoms with Crippen LogP contribution < -0.4 is 10.6 Å². The predicted octanol–water partition coefficient (Wildman–Crippen LogP) is 2.91. The number of pyridine rings is 1. The zero-order valence-corrected chi connectivity index (χ0v) is 10.8. The van der Waals surface area contributed by atoms with Crippen LogP contribution in [0.5, 0.6) is 0 Å². The molecule has 0 radical (unpaired) electrons. The third-order valence-electron chi connectivity index (χ3n) is 2.80. The van der Waals surface area contributed by atoms with Crippen molar-refractivity contribution in [3.63, 3.8) is 0 Å². The summed E-state index contributed by atoms with van der Waals surface area (Å²) in [5.41, 5.74) is 2.01. The van der Waals surface area contributed by atoms with Gasteiger partial charge in [0, 0.05) is 34.9 Å². The minimum absolute atomic E-state index is 0.422. The predicted molar refractivity (Wildman–Crippen MR) is 73.8 cm³/mol. The lowest BCUT2D eigenvalue weighted by Gasteiger charge is -2.14. The summed E-state index contributed by atoms with van der Waals surface area (Å²) in [7, 11) is 1.96. The first-order valence-corrected chi connectivity index (χ1v) is 6.04. The van der Waals surface area contributed by atoms with Crippen molar-refractivity contribution in [3.05, 3.63) is 35.5 Å². The van der Waals surface area contributed by atoms with Gasteiger partial charge in [0.2, 0.25) is 0 Å². The molecular formula is C13H16ClN3. The normalized spacial score (nSPS) is 12.6. The number of hydrogen-bond donors (Lipinski definition) is 2. The molecule has 0 saturated carbocycles. The molecule has 3 nitrogen and oxygen atoms in total. The monoisotopic (exact) mass is 249 g/mol.